The second-order valence-electron chi connectivity index (χ2n) is 2.01. The lowest BCUT2D eigenvalue weighted by atomic mass is 10.7. The van der Waals surface area contributed by atoms with E-state index in [1.54, 1.807) is 36.9 Å². The van der Waals surface area contributed by atoms with E-state index in [1.165, 1.54) is 6.33 Å². The third-order valence-corrected chi connectivity index (χ3v) is 1.06. The second kappa shape index (κ2) is 5.59. The topological polar surface area (TPSA) is 77.6 Å². The van der Waals surface area contributed by atoms with Crippen LogP contribution in [0.25, 0.3) is 0 Å². The fraction of sp³-hybridized carbons (Fsp3) is 0. The number of anilines is 1. The van der Waals surface area contributed by atoms with Crippen LogP contribution in [0.1, 0.15) is 0 Å². The smallest absolute Gasteiger partial charge is 0.219 e. The molecule has 0 radical (unpaired) electrons. The molecule has 2 N–H and O–H groups in total. The third kappa shape index (κ3) is 4.41. The Morgan fingerprint density at radius 2 is 1.38 bits per heavy atom. The molecular weight excluding hydrogens is 166 g/mol. The zero-order valence-corrected chi connectivity index (χ0v) is 6.91. The summed E-state index contributed by atoms with van der Waals surface area (Å²) in [6.45, 7) is 0. The SMILES string of the molecule is Nc1ncccn1.c1cncnc1. The molecule has 2 aromatic heterocycles. The molecule has 0 fully saturated rings. The van der Waals surface area contributed by atoms with Crippen LogP contribution in [0.2, 0.25) is 0 Å². The maximum Gasteiger partial charge on any atom is 0.219 e. The first-order valence-corrected chi connectivity index (χ1v) is 3.62. The van der Waals surface area contributed by atoms with Gasteiger partial charge in [0.25, 0.3) is 0 Å². The van der Waals surface area contributed by atoms with Gasteiger partial charge in [-0.25, -0.2) is 19.9 Å². The quantitative estimate of drug-likeness (QED) is 0.632. The monoisotopic (exact) mass is 175 g/mol. The Hall–Kier alpha value is -2.04. The fourth-order valence-corrected chi connectivity index (χ4v) is 0.564. The van der Waals surface area contributed by atoms with Gasteiger partial charge < -0.3 is 5.73 Å². The summed E-state index contributed by atoms with van der Waals surface area (Å²) in [6, 6.07) is 3.50. The molecule has 0 aliphatic rings. The van der Waals surface area contributed by atoms with Crippen molar-refractivity contribution < 1.29 is 0 Å². The third-order valence-electron chi connectivity index (χ3n) is 1.06. The number of hydrogen-bond acceptors (Lipinski definition) is 5. The predicted octanol–water partition coefficient (Wildman–Crippen LogP) is 0.535. The number of aromatic nitrogens is 4. The summed E-state index contributed by atoms with van der Waals surface area (Å²) in [7, 11) is 0. The van der Waals surface area contributed by atoms with Crippen LogP contribution in [0, 0.1) is 0 Å². The van der Waals surface area contributed by atoms with Crippen molar-refractivity contribution in [1.29, 1.82) is 0 Å². The lowest BCUT2D eigenvalue weighted by Crippen LogP contribution is -1.90. The highest BCUT2D eigenvalue weighted by molar-refractivity contribution is 5.11. The van der Waals surface area contributed by atoms with Gasteiger partial charge in [0, 0.05) is 24.8 Å². The van der Waals surface area contributed by atoms with E-state index in [1.807, 2.05) is 0 Å². The van der Waals surface area contributed by atoms with Crippen LogP contribution in [-0.2, 0) is 0 Å². The molecule has 0 unspecified atom stereocenters. The van der Waals surface area contributed by atoms with Crippen molar-refractivity contribution in [2.75, 3.05) is 5.73 Å². The minimum Gasteiger partial charge on any atom is -0.368 e. The standard InChI is InChI=1S/C4H5N3.C4H4N2/c5-4-6-2-1-3-7-4;1-2-5-4-6-3-1/h1-3H,(H2,5,6,7);1-4H. The van der Waals surface area contributed by atoms with Crippen LogP contribution in [-0.4, -0.2) is 19.9 Å². The molecule has 5 nitrogen and oxygen atoms in total. The number of hydrogen-bond donors (Lipinski definition) is 1. The van der Waals surface area contributed by atoms with Gasteiger partial charge in [0.1, 0.15) is 6.33 Å². The molecule has 0 saturated heterocycles. The Bertz CT molecular complexity index is 283. The van der Waals surface area contributed by atoms with Gasteiger partial charge in [-0.2, -0.15) is 0 Å². The van der Waals surface area contributed by atoms with Gasteiger partial charge in [0.05, 0.1) is 0 Å². The average molecular weight is 175 g/mol. The van der Waals surface area contributed by atoms with Crippen molar-refractivity contribution in [2.45, 2.75) is 0 Å². The summed E-state index contributed by atoms with van der Waals surface area (Å²) < 4.78 is 0. The highest BCUT2D eigenvalue weighted by Gasteiger charge is 1.75. The van der Waals surface area contributed by atoms with Crippen LogP contribution in [0.4, 0.5) is 5.95 Å². The van der Waals surface area contributed by atoms with E-state index in [0.717, 1.165) is 0 Å². The molecule has 0 aromatic carbocycles. The number of nitrogens with two attached hydrogens (primary N) is 1. The van der Waals surface area contributed by atoms with E-state index >= 15 is 0 Å². The van der Waals surface area contributed by atoms with Crippen molar-refractivity contribution in [1.82, 2.24) is 19.9 Å². The van der Waals surface area contributed by atoms with Gasteiger partial charge in [0.15, 0.2) is 0 Å². The first-order valence-electron chi connectivity index (χ1n) is 3.62. The first kappa shape index (κ1) is 9.05. The van der Waals surface area contributed by atoms with Crippen molar-refractivity contribution in [2.24, 2.45) is 0 Å². The summed E-state index contributed by atoms with van der Waals surface area (Å²) in [5, 5.41) is 0. The summed E-state index contributed by atoms with van der Waals surface area (Å²) in [5.41, 5.74) is 5.14. The summed E-state index contributed by atoms with van der Waals surface area (Å²) in [5.74, 6) is 0.322. The maximum atomic E-state index is 5.14. The van der Waals surface area contributed by atoms with E-state index in [0.29, 0.717) is 5.95 Å². The molecule has 0 spiro atoms. The molecular formula is C8H9N5. The van der Waals surface area contributed by atoms with Gasteiger partial charge in [-0.1, -0.05) is 0 Å². The van der Waals surface area contributed by atoms with Crippen molar-refractivity contribution in [3.63, 3.8) is 0 Å². The molecule has 66 valence electrons. The van der Waals surface area contributed by atoms with Gasteiger partial charge in [-0.15, -0.1) is 0 Å². The van der Waals surface area contributed by atoms with Crippen molar-refractivity contribution in [3.8, 4) is 0 Å². The molecule has 0 bridgehead atoms. The maximum absolute atomic E-state index is 5.14. The van der Waals surface area contributed by atoms with E-state index < -0.39 is 0 Å². The molecule has 13 heavy (non-hydrogen) atoms. The number of rotatable bonds is 0. The van der Waals surface area contributed by atoms with E-state index in [-0.39, 0.29) is 0 Å². The van der Waals surface area contributed by atoms with Crippen molar-refractivity contribution >= 4 is 5.95 Å². The molecule has 0 atom stereocenters. The van der Waals surface area contributed by atoms with Crippen LogP contribution in [0.15, 0.2) is 43.2 Å². The molecule has 5 heteroatoms. The molecule has 2 heterocycles. The minimum atomic E-state index is 0.322. The Balaban J connectivity index is 0.000000132. The Morgan fingerprint density at radius 3 is 1.62 bits per heavy atom. The van der Waals surface area contributed by atoms with E-state index in [4.69, 9.17) is 5.73 Å². The predicted molar refractivity (Wildman–Crippen MR) is 48.5 cm³/mol. The minimum absolute atomic E-state index is 0.322. The van der Waals surface area contributed by atoms with Gasteiger partial charge in [-0.3, -0.25) is 0 Å². The second-order valence-corrected chi connectivity index (χ2v) is 2.01. The highest BCUT2D eigenvalue weighted by Crippen LogP contribution is 1.81. The molecule has 0 saturated carbocycles. The molecule has 0 amide bonds. The lowest BCUT2D eigenvalue weighted by molar-refractivity contribution is 1.17. The number of nitrogens with zero attached hydrogens (tertiary/aromatic N) is 4. The van der Waals surface area contributed by atoms with Gasteiger partial charge in [0.2, 0.25) is 5.95 Å². The van der Waals surface area contributed by atoms with E-state index in [2.05, 4.69) is 19.9 Å². The van der Waals surface area contributed by atoms with E-state index in [9.17, 15) is 0 Å². The van der Waals surface area contributed by atoms with Crippen molar-refractivity contribution in [3.05, 3.63) is 43.2 Å². The zero-order chi connectivity index (χ0) is 9.36. The zero-order valence-electron chi connectivity index (χ0n) is 6.91. The largest absolute Gasteiger partial charge is 0.368 e. The summed E-state index contributed by atoms with van der Waals surface area (Å²) >= 11 is 0. The average Bonchev–Trinajstić information content (AvgIpc) is 2.22. The van der Waals surface area contributed by atoms with Crippen LogP contribution < -0.4 is 5.73 Å². The number of nitrogen functional groups attached to an aromatic ring is 1. The van der Waals surface area contributed by atoms with Crippen LogP contribution in [0.5, 0.6) is 0 Å². The molecule has 0 aliphatic heterocycles. The summed E-state index contributed by atoms with van der Waals surface area (Å²) in [4.78, 5) is 14.6. The molecule has 2 rings (SSSR count). The molecule has 0 aliphatic carbocycles. The van der Waals surface area contributed by atoms with Gasteiger partial charge >= 0.3 is 0 Å². The first-order chi connectivity index (χ1) is 6.39. The molecule has 2 aromatic rings. The Morgan fingerprint density at radius 1 is 0.846 bits per heavy atom. The fourth-order valence-electron chi connectivity index (χ4n) is 0.564. The Labute approximate surface area is 75.7 Å². The lowest BCUT2D eigenvalue weighted by Gasteiger charge is -1.82. The summed E-state index contributed by atoms with van der Waals surface area (Å²) in [6.07, 6.45) is 8.07. The Kier molecular flexibility index (Phi) is 3.89. The highest BCUT2D eigenvalue weighted by atomic mass is 15.0. The van der Waals surface area contributed by atoms with Gasteiger partial charge in [-0.05, 0) is 12.1 Å². The van der Waals surface area contributed by atoms with Crippen LogP contribution in [0.3, 0.4) is 0 Å². The normalized spacial score (nSPS) is 8.31. The van der Waals surface area contributed by atoms with Crippen LogP contribution >= 0.6 is 0 Å².